The third-order valence-corrected chi connectivity index (χ3v) is 3.85. The molecule has 27 heavy (non-hydrogen) atoms. The lowest BCUT2D eigenvalue weighted by Gasteiger charge is -2.20. The first-order valence-electron chi connectivity index (χ1n) is 9.64. The fraction of sp³-hybridized carbons (Fsp3) is 0.667. The van der Waals surface area contributed by atoms with E-state index in [1.165, 1.54) is 0 Å². The summed E-state index contributed by atoms with van der Waals surface area (Å²) in [6.45, 7) is 11.9. The van der Waals surface area contributed by atoms with Gasteiger partial charge in [0.2, 0.25) is 0 Å². The summed E-state index contributed by atoms with van der Waals surface area (Å²) in [6, 6.07) is 7.90. The van der Waals surface area contributed by atoms with E-state index >= 15 is 0 Å². The van der Waals surface area contributed by atoms with E-state index in [0.717, 1.165) is 37.4 Å². The number of carbonyl (C=O) groups excluding carboxylic acids is 1. The molecule has 0 bridgehead atoms. The minimum absolute atomic E-state index is 0.207. The summed E-state index contributed by atoms with van der Waals surface area (Å²) >= 11 is 0. The quantitative estimate of drug-likeness (QED) is 0.405. The highest BCUT2D eigenvalue weighted by molar-refractivity contribution is 5.72. The molecule has 0 spiro atoms. The number of ether oxygens (including phenoxy) is 3. The van der Waals surface area contributed by atoms with Crippen LogP contribution in [0.5, 0.6) is 5.75 Å². The van der Waals surface area contributed by atoms with E-state index in [0.29, 0.717) is 19.1 Å². The molecule has 1 aromatic carbocycles. The van der Waals surface area contributed by atoms with Crippen molar-refractivity contribution >= 4 is 5.97 Å². The monoisotopic (exact) mass is 380 g/mol. The third-order valence-electron chi connectivity index (χ3n) is 3.85. The lowest BCUT2D eigenvalue weighted by atomic mass is 10.1. The van der Waals surface area contributed by atoms with E-state index in [4.69, 9.17) is 14.2 Å². The second-order valence-electron chi connectivity index (χ2n) is 7.76. The summed E-state index contributed by atoms with van der Waals surface area (Å²) < 4.78 is 16.1. The molecule has 2 N–H and O–H groups in total. The second-order valence-corrected chi connectivity index (χ2v) is 7.76. The summed E-state index contributed by atoms with van der Waals surface area (Å²) in [4.78, 5) is 11.6. The van der Waals surface area contributed by atoms with Crippen molar-refractivity contribution in [2.45, 2.75) is 46.3 Å². The first-order valence-corrected chi connectivity index (χ1v) is 9.64. The molecule has 0 radical (unpaired) electrons. The number of benzene rings is 1. The Morgan fingerprint density at radius 2 is 1.81 bits per heavy atom. The van der Waals surface area contributed by atoms with E-state index in [-0.39, 0.29) is 12.5 Å². The van der Waals surface area contributed by atoms with Gasteiger partial charge in [-0.2, -0.15) is 0 Å². The summed E-state index contributed by atoms with van der Waals surface area (Å²) in [5.41, 5.74) is 0.712. The summed E-state index contributed by atoms with van der Waals surface area (Å²) in [6.07, 6.45) is 1.04. The molecule has 0 heterocycles. The number of carbonyl (C=O) groups is 1. The fourth-order valence-corrected chi connectivity index (χ4v) is 2.43. The van der Waals surface area contributed by atoms with Crippen molar-refractivity contribution in [1.29, 1.82) is 0 Å². The average Bonchev–Trinajstić information content (AvgIpc) is 2.60. The van der Waals surface area contributed by atoms with Crippen LogP contribution in [0.3, 0.4) is 0 Å². The molecule has 0 aliphatic rings. The highest BCUT2D eigenvalue weighted by atomic mass is 16.6. The summed E-state index contributed by atoms with van der Waals surface area (Å²) in [5.74, 6) is 1.14. The van der Waals surface area contributed by atoms with Gasteiger partial charge in [-0.05, 0) is 63.9 Å². The fourth-order valence-electron chi connectivity index (χ4n) is 2.43. The lowest BCUT2D eigenvalue weighted by Crippen LogP contribution is -2.34. The number of hydrogen-bond acceptors (Lipinski definition) is 6. The maximum atomic E-state index is 11.6. The van der Waals surface area contributed by atoms with Gasteiger partial charge in [0.15, 0.2) is 0 Å². The van der Waals surface area contributed by atoms with Crippen LogP contribution in [0.15, 0.2) is 24.3 Å². The van der Waals surface area contributed by atoms with Crippen LogP contribution in [0, 0.1) is 5.92 Å². The standard InChI is InChI=1S/C21H36N2O4/c1-17(14-23-15-20(24)27-21(2,3)4)10-11-22-12-13-26-16-18-6-8-19(25-5)9-7-18/h6-9,17,22-23H,10-16H2,1-5H3. The Balaban J connectivity index is 1.97. The van der Waals surface area contributed by atoms with E-state index in [9.17, 15) is 4.79 Å². The van der Waals surface area contributed by atoms with Crippen molar-refractivity contribution in [3.63, 3.8) is 0 Å². The van der Waals surface area contributed by atoms with E-state index in [1.807, 2.05) is 45.0 Å². The minimum atomic E-state index is -0.427. The number of methoxy groups -OCH3 is 1. The van der Waals surface area contributed by atoms with Crippen LogP contribution in [0.4, 0.5) is 0 Å². The Labute approximate surface area is 164 Å². The van der Waals surface area contributed by atoms with Crippen LogP contribution in [0.1, 0.15) is 39.7 Å². The van der Waals surface area contributed by atoms with Gasteiger partial charge in [0.05, 0.1) is 26.9 Å². The highest BCUT2D eigenvalue weighted by Crippen LogP contribution is 2.11. The molecule has 6 nitrogen and oxygen atoms in total. The zero-order chi connectivity index (χ0) is 20.1. The molecule has 0 amide bonds. The molecule has 154 valence electrons. The molecule has 0 fully saturated rings. The first kappa shape index (κ1) is 23.4. The second kappa shape index (κ2) is 12.7. The van der Waals surface area contributed by atoms with Crippen molar-refractivity contribution in [1.82, 2.24) is 10.6 Å². The Hall–Kier alpha value is -1.63. The van der Waals surface area contributed by atoms with E-state index in [2.05, 4.69) is 17.6 Å². The molecule has 0 saturated heterocycles. The van der Waals surface area contributed by atoms with Gasteiger partial charge < -0.3 is 24.8 Å². The topological polar surface area (TPSA) is 68.8 Å². The van der Waals surface area contributed by atoms with Gasteiger partial charge in [-0.15, -0.1) is 0 Å². The number of hydrogen-bond donors (Lipinski definition) is 2. The molecule has 0 saturated carbocycles. The minimum Gasteiger partial charge on any atom is -0.497 e. The summed E-state index contributed by atoms with van der Waals surface area (Å²) in [7, 11) is 1.66. The van der Waals surface area contributed by atoms with Gasteiger partial charge in [0, 0.05) is 6.54 Å². The molecule has 6 heteroatoms. The Bertz CT molecular complexity index is 526. The van der Waals surface area contributed by atoms with Gasteiger partial charge in [-0.25, -0.2) is 0 Å². The van der Waals surface area contributed by atoms with E-state index in [1.54, 1.807) is 7.11 Å². The summed E-state index contributed by atoms with van der Waals surface area (Å²) in [5, 5.41) is 6.55. The van der Waals surface area contributed by atoms with Crippen LogP contribution < -0.4 is 15.4 Å². The molecule has 1 rings (SSSR count). The Morgan fingerprint density at radius 1 is 1.11 bits per heavy atom. The molecular formula is C21H36N2O4. The van der Waals surface area contributed by atoms with Gasteiger partial charge in [-0.3, -0.25) is 4.79 Å². The average molecular weight is 381 g/mol. The molecule has 1 unspecified atom stereocenters. The molecule has 0 aliphatic carbocycles. The largest absolute Gasteiger partial charge is 0.497 e. The number of rotatable bonds is 13. The third kappa shape index (κ3) is 12.4. The van der Waals surface area contributed by atoms with Crippen molar-refractivity contribution < 1.29 is 19.0 Å². The molecule has 1 atom stereocenters. The Morgan fingerprint density at radius 3 is 2.44 bits per heavy atom. The predicted octanol–water partition coefficient (Wildman–Crippen LogP) is 2.76. The molecule has 0 aromatic heterocycles. The van der Waals surface area contributed by atoms with Gasteiger partial charge in [0.25, 0.3) is 0 Å². The van der Waals surface area contributed by atoms with Gasteiger partial charge in [0.1, 0.15) is 11.4 Å². The SMILES string of the molecule is COc1ccc(COCCNCCC(C)CNCC(=O)OC(C)(C)C)cc1. The smallest absolute Gasteiger partial charge is 0.320 e. The molecular weight excluding hydrogens is 344 g/mol. The van der Waals surface area contributed by atoms with Crippen molar-refractivity contribution in [3.05, 3.63) is 29.8 Å². The normalized spacial score (nSPS) is 12.6. The molecule has 1 aromatic rings. The van der Waals surface area contributed by atoms with Crippen LogP contribution in [0.2, 0.25) is 0 Å². The first-order chi connectivity index (χ1) is 12.8. The van der Waals surface area contributed by atoms with Crippen LogP contribution in [-0.4, -0.2) is 51.5 Å². The van der Waals surface area contributed by atoms with Crippen LogP contribution in [-0.2, 0) is 20.9 Å². The van der Waals surface area contributed by atoms with Crippen LogP contribution >= 0.6 is 0 Å². The predicted molar refractivity (Wildman–Crippen MR) is 108 cm³/mol. The van der Waals surface area contributed by atoms with Crippen molar-refractivity contribution in [2.24, 2.45) is 5.92 Å². The zero-order valence-electron chi connectivity index (χ0n) is 17.5. The van der Waals surface area contributed by atoms with Gasteiger partial charge in [-0.1, -0.05) is 19.1 Å². The molecule has 0 aliphatic heterocycles. The maximum Gasteiger partial charge on any atom is 0.320 e. The van der Waals surface area contributed by atoms with Crippen molar-refractivity contribution in [3.8, 4) is 5.75 Å². The van der Waals surface area contributed by atoms with E-state index < -0.39 is 5.60 Å². The number of esters is 1. The van der Waals surface area contributed by atoms with Crippen LogP contribution in [0.25, 0.3) is 0 Å². The maximum absolute atomic E-state index is 11.6. The Kier molecular flexibility index (Phi) is 11.0. The number of nitrogens with one attached hydrogen (secondary N) is 2. The highest BCUT2D eigenvalue weighted by Gasteiger charge is 2.15. The zero-order valence-corrected chi connectivity index (χ0v) is 17.5. The lowest BCUT2D eigenvalue weighted by molar-refractivity contribution is -0.153. The van der Waals surface area contributed by atoms with Gasteiger partial charge >= 0.3 is 5.97 Å². The van der Waals surface area contributed by atoms with Crippen molar-refractivity contribution in [2.75, 3.05) is 39.9 Å².